The van der Waals surface area contributed by atoms with E-state index in [-0.39, 0.29) is 17.8 Å². The van der Waals surface area contributed by atoms with Crippen molar-refractivity contribution >= 4 is 17.7 Å². The van der Waals surface area contributed by atoms with Crippen LogP contribution in [0.15, 0.2) is 40.6 Å². The molecule has 200 valence electrons. The fourth-order valence-corrected chi connectivity index (χ4v) is 4.66. The van der Waals surface area contributed by atoms with Crippen LogP contribution in [0, 0.1) is 12.3 Å². The van der Waals surface area contributed by atoms with Crippen molar-refractivity contribution in [3.8, 4) is 12.3 Å². The zero-order valence-electron chi connectivity index (χ0n) is 20.5. The van der Waals surface area contributed by atoms with E-state index in [9.17, 15) is 23.1 Å². The third kappa shape index (κ3) is 5.27. The summed E-state index contributed by atoms with van der Waals surface area (Å²) in [5.74, 6) is 2.98. The molecule has 5 rings (SSSR count). The molecule has 10 nitrogen and oxygen atoms in total. The van der Waals surface area contributed by atoms with E-state index in [0.717, 1.165) is 5.56 Å². The molecule has 3 aliphatic heterocycles. The van der Waals surface area contributed by atoms with Gasteiger partial charge in [0.15, 0.2) is 0 Å². The third-order valence-electron chi connectivity index (χ3n) is 6.88. The molecule has 0 unspecified atom stereocenters. The van der Waals surface area contributed by atoms with Crippen LogP contribution in [0.2, 0.25) is 0 Å². The molecule has 1 aromatic heterocycles. The zero-order valence-corrected chi connectivity index (χ0v) is 20.5. The average Bonchev–Trinajstić information content (AvgIpc) is 3.63. The number of aliphatic hydroxyl groups is 1. The molecule has 0 saturated carbocycles. The van der Waals surface area contributed by atoms with Gasteiger partial charge in [-0.05, 0) is 12.0 Å². The SMILES string of the molecule is C#CCNC(=O)c1cc(N2CC[C@H](O)C2)nc(N2CCN(Cc3ccc(C4(C(F)(F)F)N=N4)cc3)CC2)n1. The number of β-amino-alcohol motifs (C(OH)–C–C–N with tert-alkyl or cyclic N) is 1. The van der Waals surface area contributed by atoms with Crippen molar-refractivity contribution in [2.75, 3.05) is 55.6 Å². The van der Waals surface area contributed by atoms with E-state index in [2.05, 4.69) is 36.3 Å². The Labute approximate surface area is 217 Å². The van der Waals surface area contributed by atoms with Crippen LogP contribution in [0.5, 0.6) is 0 Å². The molecule has 4 heterocycles. The molecule has 1 amide bonds. The second kappa shape index (κ2) is 10.2. The Morgan fingerprint density at radius 2 is 1.82 bits per heavy atom. The number of carbonyl (C=O) groups excluding carboxylic acids is 1. The normalized spacial score (nSPS) is 20.9. The number of piperazine rings is 1. The predicted octanol–water partition coefficient (Wildman–Crippen LogP) is 1.91. The minimum atomic E-state index is -4.54. The summed E-state index contributed by atoms with van der Waals surface area (Å²) in [6, 6.07) is 7.83. The van der Waals surface area contributed by atoms with Crippen LogP contribution in [-0.4, -0.2) is 84.0 Å². The topological polar surface area (TPSA) is 110 Å². The molecule has 2 fully saturated rings. The van der Waals surface area contributed by atoms with Crippen molar-refractivity contribution < 1.29 is 23.1 Å². The largest absolute Gasteiger partial charge is 0.442 e. The Bertz CT molecular complexity index is 1250. The number of aliphatic hydroxyl groups excluding tert-OH is 1. The summed E-state index contributed by atoms with van der Waals surface area (Å²) in [5, 5.41) is 19.1. The minimum Gasteiger partial charge on any atom is -0.391 e. The molecular weight excluding hydrogens is 501 g/mol. The highest BCUT2D eigenvalue weighted by atomic mass is 19.4. The minimum absolute atomic E-state index is 0.0169. The van der Waals surface area contributed by atoms with Crippen LogP contribution in [0.3, 0.4) is 0 Å². The van der Waals surface area contributed by atoms with E-state index in [1.54, 1.807) is 18.2 Å². The molecule has 0 radical (unpaired) electrons. The number of amides is 1. The van der Waals surface area contributed by atoms with Gasteiger partial charge < -0.3 is 20.2 Å². The summed E-state index contributed by atoms with van der Waals surface area (Å²) >= 11 is 0. The summed E-state index contributed by atoms with van der Waals surface area (Å²) < 4.78 is 39.7. The average molecular weight is 529 g/mol. The number of hydrogen-bond donors (Lipinski definition) is 2. The van der Waals surface area contributed by atoms with Crippen LogP contribution >= 0.6 is 0 Å². The van der Waals surface area contributed by atoms with Crippen molar-refractivity contribution in [3.05, 3.63) is 47.2 Å². The molecule has 1 atom stereocenters. The Balaban J connectivity index is 1.24. The number of aromatic nitrogens is 2. The van der Waals surface area contributed by atoms with Crippen LogP contribution in [-0.2, 0) is 12.2 Å². The summed E-state index contributed by atoms with van der Waals surface area (Å²) in [6.07, 6.45) is 0.896. The second-order valence-electron chi connectivity index (χ2n) is 9.52. The van der Waals surface area contributed by atoms with Crippen molar-refractivity contribution in [1.82, 2.24) is 20.2 Å². The zero-order chi connectivity index (χ0) is 26.9. The van der Waals surface area contributed by atoms with Crippen molar-refractivity contribution in [2.45, 2.75) is 30.9 Å². The number of rotatable bonds is 7. The molecule has 0 aliphatic carbocycles. The first-order valence-corrected chi connectivity index (χ1v) is 12.3. The van der Waals surface area contributed by atoms with Gasteiger partial charge in [0, 0.05) is 57.4 Å². The molecular formula is C25H27F3N8O2. The number of benzene rings is 1. The number of hydrogen-bond acceptors (Lipinski definition) is 9. The van der Waals surface area contributed by atoms with Crippen molar-refractivity contribution in [3.63, 3.8) is 0 Å². The Hall–Kier alpha value is -3.76. The number of nitrogens with one attached hydrogen (secondary N) is 1. The highest BCUT2D eigenvalue weighted by Crippen LogP contribution is 2.52. The van der Waals surface area contributed by atoms with Gasteiger partial charge in [0.25, 0.3) is 5.91 Å². The van der Waals surface area contributed by atoms with Crippen LogP contribution in [0.1, 0.15) is 28.0 Å². The maximum absolute atomic E-state index is 13.2. The molecule has 2 N–H and O–H groups in total. The van der Waals surface area contributed by atoms with E-state index in [1.807, 2.05) is 9.80 Å². The summed E-state index contributed by atoms with van der Waals surface area (Å²) in [6.45, 7) is 4.27. The van der Waals surface area contributed by atoms with Gasteiger partial charge in [0.1, 0.15) is 11.5 Å². The van der Waals surface area contributed by atoms with E-state index >= 15 is 0 Å². The number of carbonyl (C=O) groups is 1. The number of terminal acetylenes is 1. The Kier molecular flexibility index (Phi) is 6.93. The molecule has 2 saturated heterocycles. The number of nitrogens with zero attached hydrogens (tertiary/aromatic N) is 7. The molecule has 2 aromatic rings. The number of anilines is 2. The molecule has 3 aliphatic rings. The highest BCUT2D eigenvalue weighted by molar-refractivity contribution is 5.93. The fourth-order valence-electron chi connectivity index (χ4n) is 4.66. The lowest BCUT2D eigenvalue weighted by Crippen LogP contribution is -2.46. The van der Waals surface area contributed by atoms with E-state index in [0.29, 0.717) is 64.0 Å². The number of halogens is 3. The van der Waals surface area contributed by atoms with Gasteiger partial charge in [-0.25, -0.2) is 4.98 Å². The van der Waals surface area contributed by atoms with Gasteiger partial charge in [-0.1, -0.05) is 30.2 Å². The molecule has 13 heteroatoms. The Morgan fingerprint density at radius 3 is 2.39 bits per heavy atom. The smallest absolute Gasteiger partial charge is 0.391 e. The lowest BCUT2D eigenvalue weighted by molar-refractivity contribution is -0.166. The lowest BCUT2D eigenvalue weighted by atomic mass is 10.0. The van der Waals surface area contributed by atoms with Crippen molar-refractivity contribution in [2.24, 2.45) is 10.2 Å². The monoisotopic (exact) mass is 528 g/mol. The number of alkyl halides is 3. The van der Waals surface area contributed by atoms with Gasteiger partial charge >= 0.3 is 11.8 Å². The van der Waals surface area contributed by atoms with E-state index < -0.39 is 23.9 Å². The standard InChI is InChI=1S/C25H27F3N8O2/c1-2-8-29-22(38)20-14-21(36-9-7-19(37)16-36)31-23(30-20)35-12-10-34(11-13-35)15-17-3-5-18(6-4-17)24(32-33-24)25(26,27)28/h1,3-6,14,19,37H,7-13,15-16H2,(H,29,38)/t19-/m0/s1. The van der Waals surface area contributed by atoms with Gasteiger partial charge in [0.05, 0.1) is 12.6 Å². The maximum atomic E-state index is 13.2. The Morgan fingerprint density at radius 1 is 1.11 bits per heavy atom. The van der Waals surface area contributed by atoms with Gasteiger partial charge in [-0.2, -0.15) is 18.2 Å². The fraction of sp³-hybridized carbons (Fsp3) is 0.480. The van der Waals surface area contributed by atoms with Crippen molar-refractivity contribution in [1.29, 1.82) is 0 Å². The van der Waals surface area contributed by atoms with Crippen LogP contribution in [0.4, 0.5) is 24.9 Å². The molecule has 0 bridgehead atoms. The quantitative estimate of drug-likeness (QED) is 0.529. The highest BCUT2D eigenvalue weighted by Gasteiger charge is 2.65. The van der Waals surface area contributed by atoms with Crippen LogP contribution < -0.4 is 15.1 Å². The first-order valence-electron chi connectivity index (χ1n) is 12.3. The lowest BCUT2D eigenvalue weighted by Gasteiger charge is -2.35. The van der Waals surface area contributed by atoms with E-state index in [1.165, 1.54) is 12.1 Å². The van der Waals surface area contributed by atoms with Gasteiger partial charge in [-0.3, -0.25) is 9.69 Å². The maximum Gasteiger partial charge on any atom is 0.442 e. The molecule has 1 aromatic carbocycles. The van der Waals surface area contributed by atoms with Gasteiger partial charge in [0.2, 0.25) is 5.95 Å². The third-order valence-corrected chi connectivity index (χ3v) is 6.88. The van der Waals surface area contributed by atoms with Crippen LogP contribution in [0.25, 0.3) is 0 Å². The predicted molar refractivity (Wildman–Crippen MR) is 133 cm³/mol. The first-order chi connectivity index (χ1) is 18.2. The molecule has 38 heavy (non-hydrogen) atoms. The first kappa shape index (κ1) is 25.9. The summed E-state index contributed by atoms with van der Waals surface area (Å²) in [4.78, 5) is 27.9. The van der Waals surface area contributed by atoms with Gasteiger partial charge in [-0.15, -0.1) is 16.7 Å². The second-order valence-corrected chi connectivity index (χ2v) is 9.52. The summed E-state index contributed by atoms with van der Waals surface area (Å²) in [5.41, 5.74) is -1.30. The summed E-state index contributed by atoms with van der Waals surface area (Å²) in [7, 11) is 0. The molecule has 0 spiro atoms. The van der Waals surface area contributed by atoms with E-state index in [4.69, 9.17) is 6.42 Å².